The van der Waals surface area contributed by atoms with Gasteiger partial charge in [0.05, 0.1) is 12.9 Å². The van der Waals surface area contributed by atoms with Gasteiger partial charge in [0, 0.05) is 22.6 Å². The normalized spacial score (nSPS) is 10.3. The van der Waals surface area contributed by atoms with Gasteiger partial charge < -0.3 is 10.1 Å². The van der Waals surface area contributed by atoms with E-state index in [0.717, 1.165) is 22.6 Å². The molecule has 0 bridgehead atoms. The smallest absolute Gasteiger partial charge is 0.234 e. The van der Waals surface area contributed by atoms with E-state index < -0.39 is 0 Å². The van der Waals surface area contributed by atoms with Crippen molar-refractivity contribution in [2.24, 2.45) is 0 Å². The molecule has 126 valence electrons. The molecule has 0 aliphatic rings. The van der Waals surface area contributed by atoms with Crippen molar-refractivity contribution in [1.82, 2.24) is 0 Å². The highest BCUT2D eigenvalue weighted by Gasteiger charge is 2.09. The number of carbonyl (C=O) groups excluding carboxylic acids is 2. The van der Waals surface area contributed by atoms with E-state index in [1.165, 1.54) is 18.7 Å². The Morgan fingerprint density at radius 2 is 1.96 bits per heavy atom. The maximum Gasteiger partial charge on any atom is 0.234 e. The van der Waals surface area contributed by atoms with Crippen LogP contribution in [0, 0.1) is 6.92 Å². The number of thioether (sulfide) groups is 1. The number of aryl methyl sites for hydroxylation is 1. The number of anilines is 1. The third-order valence-electron chi connectivity index (χ3n) is 3.48. The van der Waals surface area contributed by atoms with E-state index in [-0.39, 0.29) is 11.7 Å². The molecule has 5 heteroatoms. The Labute approximate surface area is 146 Å². The van der Waals surface area contributed by atoms with E-state index in [2.05, 4.69) is 5.32 Å². The molecule has 1 amide bonds. The molecule has 1 N–H and O–H groups in total. The number of ether oxygens (including phenoxy) is 1. The molecule has 2 aromatic rings. The maximum absolute atomic E-state index is 12.0. The molecule has 0 aliphatic carbocycles. The molecule has 2 rings (SSSR count). The molecule has 0 aliphatic heterocycles. The molecule has 0 aromatic heterocycles. The molecule has 24 heavy (non-hydrogen) atoms. The van der Waals surface area contributed by atoms with Crippen LogP contribution in [0.1, 0.15) is 28.4 Å². The Kier molecular flexibility index (Phi) is 6.44. The first-order valence-electron chi connectivity index (χ1n) is 7.61. The molecule has 2 aromatic carbocycles. The Morgan fingerprint density at radius 1 is 1.17 bits per heavy atom. The van der Waals surface area contributed by atoms with Crippen LogP contribution in [0.5, 0.6) is 5.75 Å². The van der Waals surface area contributed by atoms with Crippen LogP contribution in [0.4, 0.5) is 5.69 Å². The lowest BCUT2D eigenvalue weighted by molar-refractivity contribution is -0.113. The van der Waals surface area contributed by atoms with Gasteiger partial charge in [0.1, 0.15) is 5.75 Å². The quantitative estimate of drug-likeness (QED) is 0.770. The van der Waals surface area contributed by atoms with E-state index in [9.17, 15) is 9.59 Å². The van der Waals surface area contributed by atoms with Crippen molar-refractivity contribution in [2.45, 2.75) is 19.6 Å². The van der Waals surface area contributed by atoms with Gasteiger partial charge in [-0.3, -0.25) is 9.59 Å². The molecule has 4 nitrogen and oxygen atoms in total. The Bertz CT molecular complexity index is 743. The first-order valence-corrected chi connectivity index (χ1v) is 8.77. The first kappa shape index (κ1) is 18.1. The maximum atomic E-state index is 12.0. The Balaban J connectivity index is 1.92. The molecule has 0 saturated carbocycles. The van der Waals surface area contributed by atoms with Crippen LogP contribution >= 0.6 is 11.8 Å². The summed E-state index contributed by atoms with van der Waals surface area (Å²) in [5.41, 5.74) is 3.47. The Morgan fingerprint density at radius 3 is 2.62 bits per heavy atom. The van der Waals surface area contributed by atoms with Crippen molar-refractivity contribution in [3.05, 3.63) is 59.2 Å². The van der Waals surface area contributed by atoms with Crippen molar-refractivity contribution in [3.8, 4) is 5.75 Å². The highest BCUT2D eigenvalue weighted by atomic mass is 32.2. The zero-order valence-corrected chi connectivity index (χ0v) is 14.9. The van der Waals surface area contributed by atoms with Gasteiger partial charge in [-0.05, 0) is 49.7 Å². The number of methoxy groups -OCH3 is 1. The number of nitrogens with one attached hydrogen (secondary N) is 1. The highest BCUT2D eigenvalue weighted by Crippen LogP contribution is 2.25. The summed E-state index contributed by atoms with van der Waals surface area (Å²) in [5, 5.41) is 2.88. The van der Waals surface area contributed by atoms with E-state index in [1.54, 1.807) is 19.2 Å². The SMILES string of the molecule is COc1ccc(C(C)=O)cc1CSCC(=O)Nc1cccc(C)c1. The molecule has 0 heterocycles. The molecule has 0 fully saturated rings. The van der Waals surface area contributed by atoms with Crippen LogP contribution in [-0.4, -0.2) is 24.6 Å². The zero-order chi connectivity index (χ0) is 17.5. The van der Waals surface area contributed by atoms with E-state index >= 15 is 0 Å². The average molecular weight is 343 g/mol. The van der Waals surface area contributed by atoms with Gasteiger partial charge in [-0.1, -0.05) is 12.1 Å². The number of hydrogen-bond donors (Lipinski definition) is 1. The highest BCUT2D eigenvalue weighted by molar-refractivity contribution is 7.99. The lowest BCUT2D eigenvalue weighted by Crippen LogP contribution is -2.14. The zero-order valence-electron chi connectivity index (χ0n) is 14.1. The fraction of sp³-hybridized carbons (Fsp3) is 0.263. The topological polar surface area (TPSA) is 55.4 Å². The van der Waals surface area contributed by atoms with Crippen LogP contribution in [0.2, 0.25) is 0 Å². The van der Waals surface area contributed by atoms with Gasteiger partial charge in [-0.15, -0.1) is 11.8 Å². The van der Waals surface area contributed by atoms with Crippen LogP contribution in [0.3, 0.4) is 0 Å². The van der Waals surface area contributed by atoms with E-state index in [0.29, 0.717) is 17.1 Å². The van der Waals surface area contributed by atoms with E-state index in [4.69, 9.17) is 4.74 Å². The van der Waals surface area contributed by atoms with Crippen molar-refractivity contribution in [2.75, 3.05) is 18.2 Å². The van der Waals surface area contributed by atoms with Gasteiger partial charge in [0.25, 0.3) is 0 Å². The summed E-state index contributed by atoms with van der Waals surface area (Å²) >= 11 is 1.48. The van der Waals surface area contributed by atoms with Crippen LogP contribution < -0.4 is 10.1 Å². The predicted octanol–water partition coefficient (Wildman–Crippen LogP) is 4.08. The number of benzene rings is 2. The van der Waals surface area contributed by atoms with Crippen LogP contribution in [0.25, 0.3) is 0 Å². The summed E-state index contributed by atoms with van der Waals surface area (Å²) < 4.78 is 5.32. The number of ketones is 1. The molecular formula is C19H21NO3S. The minimum absolute atomic E-state index is 0.0149. The van der Waals surface area contributed by atoms with Crippen molar-refractivity contribution in [1.29, 1.82) is 0 Å². The lowest BCUT2D eigenvalue weighted by atomic mass is 10.1. The minimum atomic E-state index is -0.0488. The summed E-state index contributed by atoms with van der Waals surface area (Å²) in [4.78, 5) is 23.5. The number of carbonyl (C=O) groups is 2. The number of Topliss-reactive ketones (excluding diaryl/α,β-unsaturated/α-hetero) is 1. The van der Waals surface area contributed by atoms with Gasteiger partial charge in [-0.25, -0.2) is 0 Å². The molecule has 0 spiro atoms. The summed E-state index contributed by atoms with van der Waals surface area (Å²) in [5.74, 6) is 1.63. The van der Waals surface area contributed by atoms with E-state index in [1.807, 2.05) is 37.3 Å². The van der Waals surface area contributed by atoms with Crippen LogP contribution in [0.15, 0.2) is 42.5 Å². The summed E-state index contributed by atoms with van der Waals surface area (Å²) in [6.07, 6.45) is 0. The minimum Gasteiger partial charge on any atom is -0.496 e. The number of rotatable bonds is 7. The lowest BCUT2D eigenvalue weighted by Gasteiger charge is -2.10. The fourth-order valence-electron chi connectivity index (χ4n) is 2.28. The largest absolute Gasteiger partial charge is 0.496 e. The van der Waals surface area contributed by atoms with Gasteiger partial charge in [-0.2, -0.15) is 0 Å². The predicted molar refractivity (Wildman–Crippen MR) is 99.0 cm³/mol. The molecule has 0 radical (unpaired) electrons. The third-order valence-corrected chi connectivity index (χ3v) is 4.46. The summed E-state index contributed by atoms with van der Waals surface area (Å²) in [6, 6.07) is 13.1. The van der Waals surface area contributed by atoms with Gasteiger partial charge in [0.2, 0.25) is 5.91 Å². The second kappa shape index (κ2) is 8.55. The molecular weight excluding hydrogens is 322 g/mol. The Hall–Kier alpha value is -2.27. The van der Waals surface area contributed by atoms with Gasteiger partial charge >= 0.3 is 0 Å². The van der Waals surface area contributed by atoms with Crippen molar-refractivity contribution >= 4 is 29.1 Å². The summed E-state index contributed by atoms with van der Waals surface area (Å²) in [7, 11) is 1.60. The second-order valence-corrected chi connectivity index (χ2v) is 6.48. The van der Waals surface area contributed by atoms with Crippen LogP contribution in [-0.2, 0) is 10.5 Å². The van der Waals surface area contributed by atoms with Crippen molar-refractivity contribution in [3.63, 3.8) is 0 Å². The molecule has 0 unspecified atom stereocenters. The monoisotopic (exact) mass is 343 g/mol. The van der Waals surface area contributed by atoms with Crippen molar-refractivity contribution < 1.29 is 14.3 Å². The second-order valence-electron chi connectivity index (χ2n) is 5.49. The summed E-state index contributed by atoms with van der Waals surface area (Å²) in [6.45, 7) is 3.52. The standard InChI is InChI=1S/C19H21NO3S/c1-13-5-4-6-17(9-13)20-19(22)12-24-11-16-10-15(14(2)21)7-8-18(16)23-3/h4-10H,11-12H2,1-3H3,(H,20,22). The fourth-order valence-corrected chi connectivity index (χ4v) is 3.09. The first-order chi connectivity index (χ1) is 11.5. The number of amides is 1. The molecule has 0 saturated heterocycles. The van der Waals surface area contributed by atoms with Gasteiger partial charge in [0.15, 0.2) is 5.78 Å². The average Bonchev–Trinajstić information content (AvgIpc) is 2.54. The molecule has 0 atom stereocenters. The third kappa shape index (κ3) is 5.13. The number of hydrogen-bond acceptors (Lipinski definition) is 4.